The molecule has 0 radical (unpaired) electrons. The van der Waals surface area contributed by atoms with Gasteiger partial charge in [0.15, 0.2) is 0 Å². The summed E-state index contributed by atoms with van der Waals surface area (Å²) in [6.07, 6.45) is 3.74. The predicted octanol–water partition coefficient (Wildman–Crippen LogP) is 0.221. The third kappa shape index (κ3) is 2.11. The van der Waals surface area contributed by atoms with Crippen LogP contribution in [0.3, 0.4) is 0 Å². The molecule has 2 aliphatic rings. The molecule has 2 fully saturated rings. The first-order valence-corrected chi connectivity index (χ1v) is 7.25. The number of rotatable bonds is 3. The maximum absolute atomic E-state index is 13.0. The van der Waals surface area contributed by atoms with Crippen LogP contribution in [-0.2, 0) is 23.2 Å². The zero-order valence-corrected chi connectivity index (χ0v) is 12.9. The van der Waals surface area contributed by atoms with Gasteiger partial charge in [-0.25, -0.2) is 0 Å². The van der Waals surface area contributed by atoms with E-state index in [0.29, 0.717) is 12.2 Å². The van der Waals surface area contributed by atoms with E-state index in [1.807, 2.05) is 6.92 Å². The zero-order valence-electron chi connectivity index (χ0n) is 12.9. The molecular weight excluding hydrogens is 270 g/mol. The van der Waals surface area contributed by atoms with Crippen LogP contribution in [0.4, 0.5) is 0 Å². The molecule has 3 rings (SSSR count). The van der Waals surface area contributed by atoms with Crippen molar-refractivity contribution in [1.29, 1.82) is 0 Å². The summed E-state index contributed by atoms with van der Waals surface area (Å²) in [4.78, 5) is 27.1. The number of carbonyl (C=O) groups is 2. The van der Waals surface area contributed by atoms with E-state index >= 15 is 0 Å². The molecule has 1 aromatic heterocycles. The number of amides is 2. The summed E-state index contributed by atoms with van der Waals surface area (Å²) >= 11 is 0. The molecule has 1 aliphatic carbocycles. The van der Waals surface area contributed by atoms with Crippen molar-refractivity contribution < 1.29 is 9.59 Å². The lowest BCUT2D eigenvalue weighted by atomic mass is 9.85. The Morgan fingerprint density at radius 2 is 2.00 bits per heavy atom. The van der Waals surface area contributed by atoms with Crippen molar-refractivity contribution in [2.45, 2.75) is 51.2 Å². The van der Waals surface area contributed by atoms with Gasteiger partial charge < -0.3 is 10.2 Å². The van der Waals surface area contributed by atoms with Crippen LogP contribution >= 0.6 is 0 Å². The van der Waals surface area contributed by atoms with E-state index in [1.54, 1.807) is 36.7 Å². The van der Waals surface area contributed by atoms with Crippen LogP contribution in [0.15, 0.2) is 6.20 Å². The Morgan fingerprint density at radius 1 is 1.33 bits per heavy atom. The van der Waals surface area contributed by atoms with Gasteiger partial charge in [-0.05, 0) is 39.5 Å². The third-order valence-electron chi connectivity index (χ3n) is 4.66. The fourth-order valence-corrected chi connectivity index (χ4v) is 2.94. The van der Waals surface area contributed by atoms with Crippen molar-refractivity contribution in [2.75, 3.05) is 0 Å². The molecule has 21 heavy (non-hydrogen) atoms. The fraction of sp³-hybridized carbons (Fsp3) is 0.714. The van der Waals surface area contributed by atoms with Crippen molar-refractivity contribution in [3.05, 3.63) is 11.9 Å². The van der Waals surface area contributed by atoms with Gasteiger partial charge in [0.25, 0.3) is 0 Å². The van der Waals surface area contributed by atoms with Crippen LogP contribution in [0.1, 0.15) is 39.3 Å². The number of hydrogen-bond acceptors (Lipinski definition) is 4. The third-order valence-corrected chi connectivity index (χ3v) is 4.66. The molecule has 2 heterocycles. The highest BCUT2D eigenvalue weighted by atomic mass is 16.2. The van der Waals surface area contributed by atoms with Crippen LogP contribution < -0.4 is 5.32 Å². The van der Waals surface area contributed by atoms with Gasteiger partial charge in [-0.2, -0.15) is 0 Å². The molecule has 1 atom stereocenters. The number of nitrogens with zero attached hydrogens (tertiary/aromatic N) is 4. The monoisotopic (exact) mass is 291 g/mol. The minimum Gasteiger partial charge on any atom is -0.340 e. The summed E-state index contributed by atoms with van der Waals surface area (Å²) in [7, 11) is 1.78. The first-order chi connectivity index (χ1) is 9.75. The summed E-state index contributed by atoms with van der Waals surface area (Å²) in [5.41, 5.74) is -0.982. The Hall–Kier alpha value is -1.92. The van der Waals surface area contributed by atoms with Crippen LogP contribution in [0.5, 0.6) is 0 Å². The normalized spacial score (nSPS) is 28.7. The van der Waals surface area contributed by atoms with Gasteiger partial charge in [-0.1, -0.05) is 5.21 Å². The number of aryl methyl sites for hydroxylation is 1. The van der Waals surface area contributed by atoms with E-state index in [2.05, 4.69) is 15.6 Å². The van der Waals surface area contributed by atoms with Crippen molar-refractivity contribution in [2.24, 2.45) is 13.0 Å². The highest BCUT2D eigenvalue weighted by Gasteiger charge is 2.57. The van der Waals surface area contributed by atoms with Crippen LogP contribution in [0, 0.1) is 5.92 Å². The topological polar surface area (TPSA) is 80.1 Å². The van der Waals surface area contributed by atoms with Gasteiger partial charge in [0.2, 0.25) is 11.8 Å². The lowest BCUT2D eigenvalue weighted by Crippen LogP contribution is -2.73. The maximum Gasteiger partial charge on any atom is 0.249 e. The number of piperazine rings is 1. The lowest BCUT2D eigenvalue weighted by molar-refractivity contribution is -0.162. The van der Waals surface area contributed by atoms with E-state index in [0.717, 1.165) is 12.8 Å². The molecule has 1 unspecified atom stereocenters. The minimum atomic E-state index is -0.886. The van der Waals surface area contributed by atoms with Gasteiger partial charge in [-0.15, -0.1) is 5.10 Å². The summed E-state index contributed by atoms with van der Waals surface area (Å²) < 4.78 is 1.59. The Kier molecular flexibility index (Phi) is 2.86. The maximum atomic E-state index is 13.0. The molecule has 1 saturated heterocycles. The standard InChI is InChI=1S/C14H21N5O2/c1-13(2)11(20)15-14(3,9-5-6-9)12(21)19(13)8-10-7-18(4)17-16-10/h7,9H,5-6,8H2,1-4H3,(H,15,20). The van der Waals surface area contributed by atoms with Crippen LogP contribution in [0.25, 0.3) is 0 Å². The molecule has 0 spiro atoms. The van der Waals surface area contributed by atoms with Gasteiger partial charge in [-0.3, -0.25) is 14.3 Å². The quantitative estimate of drug-likeness (QED) is 0.864. The molecule has 7 nitrogen and oxygen atoms in total. The molecule has 2 amide bonds. The Balaban J connectivity index is 1.93. The number of aromatic nitrogens is 3. The Bertz CT molecular complexity index is 604. The summed E-state index contributed by atoms with van der Waals surface area (Å²) in [6, 6.07) is 0. The number of hydrogen-bond donors (Lipinski definition) is 1. The zero-order chi connectivity index (χ0) is 15.4. The van der Waals surface area contributed by atoms with E-state index in [1.165, 1.54) is 0 Å². The number of nitrogens with one attached hydrogen (secondary N) is 1. The second-order valence-electron chi connectivity index (χ2n) is 6.76. The molecular formula is C14H21N5O2. The predicted molar refractivity (Wildman–Crippen MR) is 74.9 cm³/mol. The summed E-state index contributed by atoms with van der Waals surface area (Å²) in [5.74, 6) is 0.107. The van der Waals surface area contributed by atoms with E-state index in [-0.39, 0.29) is 17.7 Å². The van der Waals surface area contributed by atoms with Crippen molar-refractivity contribution in [1.82, 2.24) is 25.2 Å². The molecule has 1 aliphatic heterocycles. The van der Waals surface area contributed by atoms with Crippen LogP contribution in [-0.4, -0.2) is 42.8 Å². The average Bonchev–Trinajstić information content (AvgIpc) is 3.18. The molecule has 114 valence electrons. The number of carbonyl (C=O) groups excluding carboxylic acids is 2. The fourth-order valence-electron chi connectivity index (χ4n) is 2.94. The Morgan fingerprint density at radius 3 is 2.52 bits per heavy atom. The van der Waals surface area contributed by atoms with E-state index in [4.69, 9.17) is 0 Å². The molecule has 1 saturated carbocycles. The average molecular weight is 291 g/mol. The van der Waals surface area contributed by atoms with Gasteiger partial charge >= 0.3 is 0 Å². The first kappa shape index (κ1) is 14.0. The van der Waals surface area contributed by atoms with E-state index < -0.39 is 11.1 Å². The molecule has 0 aromatic carbocycles. The molecule has 7 heteroatoms. The van der Waals surface area contributed by atoms with Gasteiger partial charge in [0, 0.05) is 13.2 Å². The smallest absolute Gasteiger partial charge is 0.249 e. The highest BCUT2D eigenvalue weighted by molar-refractivity contribution is 6.02. The Labute approximate surface area is 123 Å². The second kappa shape index (κ2) is 4.29. The van der Waals surface area contributed by atoms with Crippen molar-refractivity contribution in [3.63, 3.8) is 0 Å². The largest absolute Gasteiger partial charge is 0.340 e. The summed E-state index contributed by atoms with van der Waals surface area (Å²) in [5, 5.41) is 10.9. The van der Waals surface area contributed by atoms with Crippen LogP contribution in [0.2, 0.25) is 0 Å². The molecule has 1 N–H and O–H groups in total. The highest BCUT2D eigenvalue weighted by Crippen LogP contribution is 2.43. The second-order valence-corrected chi connectivity index (χ2v) is 6.76. The summed E-state index contributed by atoms with van der Waals surface area (Å²) in [6.45, 7) is 5.67. The first-order valence-electron chi connectivity index (χ1n) is 7.25. The van der Waals surface area contributed by atoms with E-state index in [9.17, 15) is 9.59 Å². The van der Waals surface area contributed by atoms with Gasteiger partial charge in [0.1, 0.15) is 16.8 Å². The SMILES string of the molecule is Cn1cc(CN2C(=O)C(C)(C3CC3)NC(=O)C2(C)C)nn1. The van der Waals surface area contributed by atoms with Crippen molar-refractivity contribution in [3.8, 4) is 0 Å². The van der Waals surface area contributed by atoms with Crippen molar-refractivity contribution >= 4 is 11.8 Å². The lowest BCUT2D eigenvalue weighted by Gasteiger charge is -2.48. The molecule has 0 bridgehead atoms. The molecule has 1 aromatic rings. The van der Waals surface area contributed by atoms with Gasteiger partial charge in [0.05, 0.1) is 6.54 Å². The minimum absolute atomic E-state index is 0.0275.